The summed E-state index contributed by atoms with van der Waals surface area (Å²) in [6, 6.07) is 11.6. The maximum atomic E-state index is 6.37. The molecule has 2 heterocycles. The second-order valence-corrected chi connectivity index (χ2v) is 8.15. The third kappa shape index (κ3) is 4.67. The van der Waals surface area contributed by atoms with Gasteiger partial charge >= 0.3 is 0 Å². The zero-order valence-corrected chi connectivity index (χ0v) is 16.9. The second-order valence-electron chi connectivity index (χ2n) is 6.87. The summed E-state index contributed by atoms with van der Waals surface area (Å²) in [4.78, 5) is 6.53. The fourth-order valence-corrected chi connectivity index (χ4v) is 4.37. The van der Waals surface area contributed by atoms with E-state index in [4.69, 9.17) is 39.5 Å². The quantitative estimate of drug-likeness (QED) is 0.498. The number of hydrogen-bond acceptors (Lipinski definition) is 3. The maximum Gasteiger partial charge on any atom is 0.121 e. The molecule has 3 aromatic rings. The molecule has 1 aromatic heterocycles. The molecular weight excluding hydrogens is 403 g/mol. The van der Waals surface area contributed by atoms with Crippen LogP contribution in [0, 0.1) is 0 Å². The minimum Gasteiger partial charge on any atom is -0.490 e. The van der Waals surface area contributed by atoms with Crippen LogP contribution in [-0.4, -0.2) is 29.1 Å². The molecule has 0 atom stereocenters. The SMILES string of the molecule is Clc1cc(Cl)cc(CN2CCC(Oc3cc(Cl)c4cnccc4c3)CC2)c1. The highest BCUT2D eigenvalue weighted by molar-refractivity contribution is 6.35. The third-order valence-corrected chi connectivity index (χ3v) is 5.59. The van der Waals surface area contributed by atoms with Crippen molar-refractivity contribution in [3.63, 3.8) is 0 Å². The van der Waals surface area contributed by atoms with E-state index >= 15 is 0 Å². The Balaban J connectivity index is 1.37. The summed E-state index contributed by atoms with van der Waals surface area (Å²) in [5.74, 6) is 0.818. The number of fused-ring (bicyclic) bond motifs is 1. The van der Waals surface area contributed by atoms with Crippen molar-refractivity contribution in [1.82, 2.24) is 9.88 Å². The Labute approximate surface area is 173 Å². The lowest BCUT2D eigenvalue weighted by atomic mass is 10.1. The van der Waals surface area contributed by atoms with Gasteiger partial charge in [0.05, 0.1) is 5.02 Å². The lowest BCUT2D eigenvalue weighted by Crippen LogP contribution is -2.37. The molecule has 0 bridgehead atoms. The van der Waals surface area contributed by atoms with Crippen molar-refractivity contribution in [3.8, 4) is 5.75 Å². The first-order valence-corrected chi connectivity index (χ1v) is 10.1. The molecule has 0 spiro atoms. The lowest BCUT2D eigenvalue weighted by Gasteiger charge is -2.32. The largest absolute Gasteiger partial charge is 0.490 e. The molecule has 0 amide bonds. The topological polar surface area (TPSA) is 25.4 Å². The van der Waals surface area contributed by atoms with Crippen LogP contribution in [0.25, 0.3) is 10.8 Å². The van der Waals surface area contributed by atoms with E-state index in [-0.39, 0.29) is 6.10 Å². The molecule has 1 aliphatic heterocycles. The van der Waals surface area contributed by atoms with Crippen molar-refractivity contribution in [2.75, 3.05) is 13.1 Å². The summed E-state index contributed by atoms with van der Waals surface area (Å²) >= 11 is 18.6. The van der Waals surface area contributed by atoms with Gasteiger partial charge in [-0.25, -0.2) is 0 Å². The normalized spacial score (nSPS) is 16.0. The summed E-state index contributed by atoms with van der Waals surface area (Å²) in [6.07, 6.45) is 5.69. The van der Waals surface area contributed by atoms with E-state index in [9.17, 15) is 0 Å². The van der Waals surface area contributed by atoms with Crippen LogP contribution in [0.3, 0.4) is 0 Å². The number of rotatable bonds is 4. The summed E-state index contributed by atoms with van der Waals surface area (Å²) in [5, 5.41) is 4.02. The number of pyridine rings is 1. The van der Waals surface area contributed by atoms with E-state index < -0.39 is 0 Å². The molecule has 1 fully saturated rings. The number of hydrogen-bond donors (Lipinski definition) is 0. The Morgan fingerprint density at radius 2 is 1.74 bits per heavy atom. The first-order valence-electron chi connectivity index (χ1n) is 8.94. The number of piperidine rings is 1. The zero-order valence-electron chi connectivity index (χ0n) is 14.7. The van der Waals surface area contributed by atoms with Crippen LogP contribution in [0.5, 0.6) is 5.75 Å². The smallest absolute Gasteiger partial charge is 0.121 e. The van der Waals surface area contributed by atoms with E-state index in [1.54, 1.807) is 18.5 Å². The molecule has 0 N–H and O–H groups in total. The molecule has 0 saturated carbocycles. The minimum atomic E-state index is 0.194. The summed E-state index contributed by atoms with van der Waals surface area (Å²) in [5.41, 5.74) is 1.14. The zero-order chi connectivity index (χ0) is 18.8. The van der Waals surface area contributed by atoms with Gasteiger partial charge in [0.15, 0.2) is 0 Å². The van der Waals surface area contributed by atoms with Crippen molar-refractivity contribution < 1.29 is 4.74 Å². The van der Waals surface area contributed by atoms with Crippen molar-refractivity contribution in [3.05, 3.63) is 69.4 Å². The Bertz CT molecular complexity index is 935. The van der Waals surface area contributed by atoms with Crippen molar-refractivity contribution >= 4 is 45.6 Å². The Kier molecular flexibility index (Phi) is 5.74. The lowest BCUT2D eigenvalue weighted by molar-refractivity contribution is 0.0969. The van der Waals surface area contributed by atoms with Crippen LogP contribution in [0.1, 0.15) is 18.4 Å². The fraction of sp³-hybridized carbons (Fsp3) is 0.286. The number of ether oxygens (including phenoxy) is 1. The first kappa shape index (κ1) is 18.8. The van der Waals surface area contributed by atoms with E-state index in [0.29, 0.717) is 15.1 Å². The van der Waals surface area contributed by atoms with Gasteiger partial charge in [-0.2, -0.15) is 0 Å². The van der Waals surface area contributed by atoms with Crippen LogP contribution in [0.4, 0.5) is 0 Å². The Hall–Kier alpha value is -1.52. The van der Waals surface area contributed by atoms with Crippen LogP contribution in [0.2, 0.25) is 15.1 Å². The monoisotopic (exact) mass is 420 g/mol. The van der Waals surface area contributed by atoms with Gasteiger partial charge in [-0.15, -0.1) is 0 Å². The van der Waals surface area contributed by atoms with Gasteiger partial charge in [0.1, 0.15) is 11.9 Å². The Morgan fingerprint density at radius 3 is 2.48 bits per heavy atom. The van der Waals surface area contributed by atoms with Gasteiger partial charge in [0.25, 0.3) is 0 Å². The van der Waals surface area contributed by atoms with E-state index in [1.165, 1.54) is 0 Å². The van der Waals surface area contributed by atoms with Gasteiger partial charge in [-0.1, -0.05) is 34.8 Å². The molecule has 3 nitrogen and oxygen atoms in total. The van der Waals surface area contributed by atoms with Crippen molar-refractivity contribution in [2.24, 2.45) is 0 Å². The van der Waals surface area contributed by atoms with E-state index in [1.807, 2.05) is 30.3 Å². The summed E-state index contributed by atoms with van der Waals surface area (Å²) in [7, 11) is 0. The molecule has 140 valence electrons. The van der Waals surface area contributed by atoms with Gasteiger partial charge in [0, 0.05) is 47.5 Å². The molecule has 0 unspecified atom stereocenters. The minimum absolute atomic E-state index is 0.194. The maximum absolute atomic E-state index is 6.37. The van der Waals surface area contributed by atoms with Gasteiger partial charge < -0.3 is 4.74 Å². The molecule has 0 aliphatic carbocycles. The highest BCUT2D eigenvalue weighted by Gasteiger charge is 2.21. The van der Waals surface area contributed by atoms with Gasteiger partial charge in [-0.05, 0) is 60.2 Å². The molecule has 0 radical (unpaired) electrons. The molecular formula is C21H19Cl3N2O. The molecule has 27 heavy (non-hydrogen) atoms. The van der Waals surface area contributed by atoms with Crippen molar-refractivity contribution in [2.45, 2.75) is 25.5 Å². The highest BCUT2D eigenvalue weighted by Crippen LogP contribution is 2.30. The number of likely N-dealkylation sites (tertiary alicyclic amines) is 1. The number of nitrogens with zero attached hydrogens (tertiary/aromatic N) is 2. The third-order valence-electron chi connectivity index (χ3n) is 4.84. The number of halogens is 3. The average molecular weight is 422 g/mol. The molecule has 2 aromatic carbocycles. The predicted molar refractivity (Wildman–Crippen MR) is 112 cm³/mol. The standard InChI is InChI=1S/C21H19Cl3N2O/c22-16-7-14(8-17(23)10-16)13-26-5-2-18(3-6-26)27-19-9-15-1-4-25-12-20(15)21(24)11-19/h1,4,7-12,18H,2-3,5-6,13H2. The first-order chi connectivity index (χ1) is 13.1. The molecule has 1 aliphatic rings. The highest BCUT2D eigenvalue weighted by atomic mass is 35.5. The molecule has 6 heteroatoms. The number of aromatic nitrogens is 1. The van der Waals surface area contributed by atoms with Crippen LogP contribution in [-0.2, 0) is 6.54 Å². The fourth-order valence-electron chi connectivity index (χ4n) is 3.53. The summed E-state index contributed by atoms with van der Waals surface area (Å²) < 4.78 is 6.21. The second kappa shape index (κ2) is 8.24. The van der Waals surface area contributed by atoms with Crippen molar-refractivity contribution in [1.29, 1.82) is 0 Å². The number of benzene rings is 2. The van der Waals surface area contributed by atoms with Crippen LogP contribution in [0.15, 0.2) is 48.8 Å². The van der Waals surface area contributed by atoms with Crippen LogP contribution < -0.4 is 4.74 Å². The predicted octanol–water partition coefficient (Wildman–Crippen LogP) is 6.24. The van der Waals surface area contributed by atoms with Crippen LogP contribution >= 0.6 is 34.8 Å². The van der Waals surface area contributed by atoms with Gasteiger partial charge in [-0.3, -0.25) is 9.88 Å². The van der Waals surface area contributed by atoms with Gasteiger partial charge in [0.2, 0.25) is 0 Å². The summed E-state index contributed by atoms with van der Waals surface area (Å²) in [6.45, 7) is 2.79. The molecule has 1 saturated heterocycles. The Morgan fingerprint density at radius 1 is 1.00 bits per heavy atom. The van der Waals surface area contributed by atoms with E-state index in [0.717, 1.165) is 54.6 Å². The molecule has 4 rings (SSSR count). The average Bonchev–Trinajstić information content (AvgIpc) is 2.63. The van der Waals surface area contributed by atoms with E-state index in [2.05, 4.69) is 9.88 Å².